The molecule has 1 atom stereocenters. The predicted molar refractivity (Wildman–Crippen MR) is 102 cm³/mol. The van der Waals surface area contributed by atoms with Gasteiger partial charge in [0.1, 0.15) is 17.3 Å². The maximum Gasteiger partial charge on any atom is 0.416 e. The van der Waals surface area contributed by atoms with E-state index in [2.05, 4.69) is 14.7 Å². The van der Waals surface area contributed by atoms with Gasteiger partial charge in [-0.25, -0.2) is 4.98 Å². The summed E-state index contributed by atoms with van der Waals surface area (Å²) in [4.78, 5) is 16.7. The molecule has 0 fully saturated rings. The number of furan rings is 1. The van der Waals surface area contributed by atoms with E-state index < -0.39 is 23.8 Å². The number of benzene rings is 1. The second-order valence-corrected chi connectivity index (χ2v) is 7.15. The average Bonchev–Trinajstić information content (AvgIpc) is 3.27. The predicted octanol–water partition coefficient (Wildman–Crippen LogP) is 4.69. The normalized spacial score (nSPS) is 12.8. The first kappa shape index (κ1) is 21.0. The van der Waals surface area contributed by atoms with Gasteiger partial charge >= 0.3 is 6.18 Å². The molecule has 0 aliphatic rings. The molecule has 0 aliphatic carbocycles. The number of aliphatic hydroxyl groups excluding tert-OH is 1. The number of aryl methyl sites for hydroxylation is 1. The van der Waals surface area contributed by atoms with E-state index in [0.717, 1.165) is 23.7 Å². The van der Waals surface area contributed by atoms with E-state index in [4.69, 9.17) is 4.42 Å². The fraction of sp³-hybridized carbons (Fsp3) is 0.316. The molecule has 1 amide bonds. The number of carbonyl (C=O) groups is 1. The van der Waals surface area contributed by atoms with Crippen LogP contribution in [0.25, 0.3) is 11.3 Å². The van der Waals surface area contributed by atoms with Crippen LogP contribution in [-0.4, -0.2) is 26.5 Å². The number of amides is 1. The number of carbonyl (C=O) groups excluding carboxylic acids is 1. The summed E-state index contributed by atoms with van der Waals surface area (Å²) in [5.41, 5.74) is -0.401. The van der Waals surface area contributed by atoms with Crippen LogP contribution in [0.2, 0.25) is 0 Å². The summed E-state index contributed by atoms with van der Waals surface area (Å²) >= 11 is 0.979. The number of anilines is 1. The summed E-state index contributed by atoms with van der Waals surface area (Å²) < 4.78 is 48.4. The van der Waals surface area contributed by atoms with Gasteiger partial charge in [0.2, 0.25) is 5.13 Å². The molecule has 6 nitrogen and oxygen atoms in total. The summed E-state index contributed by atoms with van der Waals surface area (Å²) in [7, 11) is 0. The SMILES string of the molecule is CCC(O)Cc1nsc(NC(=O)c2cc(-c3cccc(C(F)(F)F)c3)oc2C)n1. The molecule has 0 spiro atoms. The van der Waals surface area contributed by atoms with Crippen molar-refractivity contribution in [2.75, 3.05) is 5.32 Å². The Morgan fingerprint density at radius 2 is 2.10 bits per heavy atom. The van der Waals surface area contributed by atoms with Crippen LogP contribution in [-0.2, 0) is 12.6 Å². The lowest BCUT2D eigenvalue weighted by molar-refractivity contribution is -0.137. The van der Waals surface area contributed by atoms with E-state index in [0.29, 0.717) is 12.2 Å². The molecule has 0 bridgehead atoms. The Labute approximate surface area is 168 Å². The third-order valence-electron chi connectivity index (χ3n) is 4.21. The molecular weight excluding hydrogens is 407 g/mol. The maximum atomic E-state index is 12.9. The van der Waals surface area contributed by atoms with Crippen LogP contribution in [0.3, 0.4) is 0 Å². The first-order valence-electron chi connectivity index (χ1n) is 8.77. The van der Waals surface area contributed by atoms with Gasteiger partial charge in [0.25, 0.3) is 5.91 Å². The average molecular weight is 425 g/mol. The number of aromatic nitrogens is 2. The molecule has 2 N–H and O–H groups in total. The number of alkyl halides is 3. The first-order chi connectivity index (χ1) is 13.7. The standard InChI is InChI=1S/C19H18F3N3O3S/c1-3-13(26)8-16-23-18(29-25-16)24-17(27)14-9-15(28-10(14)2)11-5-4-6-12(7-11)19(20,21)22/h4-7,9,13,26H,3,8H2,1-2H3,(H,23,24,25,27). The van der Waals surface area contributed by atoms with Crippen molar-refractivity contribution in [3.63, 3.8) is 0 Å². The Bertz CT molecular complexity index is 1010. The third kappa shape index (κ3) is 5.01. The van der Waals surface area contributed by atoms with Crippen LogP contribution in [0.5, 0.6) is 0 Å². The molecule has 0 radical (unpaired) electrons. The van der Waals surface area contributed by atoms with Gasteiger partial charge in [-0.3, -0.25) is 10.1 Å². The Hall–Kier alpha value is -2.72. The summed E-state index contributed by atoms with van der Waals surface area (Å²) in [5.74, 6) is 0.334. The minimum absolute atomic E-state index is 0.155. The molecule has 0 aliphatic heterocycles. The second-order valence-electron chi connectivity index (χ2n) is 6.40. The van der Waals surface area contributed by atoms with Gasteiger partial charge in [0.05, 0.1) is 17.2 Å². The number of hydrogen-bond acceptors (Lipinski definition) is 6. The van der Waals surface area contributed by atoms with Gasteiger partial charge in [0, 0.05) is 23.5 Å². The number of aliphatic hydroxyl groups is 1. The zero-order valence-corrected chi connectivity index (χ0v) is 16.4. The van der Waals surface area contributed by atoms with Crippen LogP contribution in [0.1, 0.15) is 40.9 Å². The smallest absolute Gasteiger partial charge is 0.416 e. The van der Waals surface area contributed by atoms with Crippen molar-refractivity contribution in [2.24, 2.45) is 0 Å². The van der Waals surface area contributed by atoms with Crippen molar-refractivity contribution in [3.8, 4) is 11.3 Å². The Kier molecular flexibility index (Phi) is 6.04. The number of halogens is 3. The summed E-state index contributed by atoms with van der Waals surface area (Å²) in [6, 6.07) is 6.09. The topological polar surface area (TPSA) is 88.3 Å². The number of rotatable bonds is 6. The molecule has 154 valence electrons. The van der Waals surface area contributed by atoms with Crippen molar-refractivity contribution in [2.45, 2.75) is 39.0 Å². The molecule has 2 aromatic heterocycles. The molecule has 0 saturated carbocycles. The van der Waals surface area contributed by atoms with Crippen LogP contribution < -0.4 is 5.32 Å². The molecule has 1 aromatic carbocycles. The highest BCUT2D eigenvalue weighted by Crippen LogP contribution is 2.33. The molecular formula is C19H18F3N3O3S. The molecule has 29 heavy (non-hydrogen) atoms. The van der Waals surface area contributed by atoms with Crippen LogP contribution in [0, 0.1) is 6.92 Å². The van der Waals surface area contributed by atoms with Crippen molar-refractivity contribution in [1.82, 2.24) is 9.36 Å². The first-order valence-corrected chi connectivity index (χ1v) is 9.54. The van der Waals surface area contributed by atoms with E-state index >= 15 is 0 Å². The fourth-order valence-electron chi connectivity index (χ4n) is 2.61. The number of nitrogens with zero attached hydrogens (tertiary/aromatic N) is 2. The van der Waals surface area contributed by atoms with Crippen molar-refractivity contribution in [3.05, 3.63) is 53.0 Å². The highest BCUT2D eigenvalue weighted by molar-refractivity contribution is 7.09. The van der Waals surface area contributed by atoms with Crippen molar-refractivity contribution < 1.29 is 27.5 Å². The zero-order chi connectivity index (χ0) is 21.2. The molecule has 0 saturated heterocycles. The lowest BCUT2D eigenvalue weighted by atomic mass is 10.1. The second kappa shape index (κ2) is 8.34. The quantitative estimate of drug-likeness (QED) is 0.598. The third-order valence-corrected chi connectivity index (χ3v) is 4.88. The van der Waals surface area contributed by atoms with E-state index in [1.807, 2.05) is 6.92 Å². The molecule has 10 heteroatoms. The minimum Gasteiger partial charge on any atom is -0.461 e. The summed E-state index contributed by atoms with van der Waals surface area (Å²) in [5, 5.41) is 12.5. The van der Waals surface area contributed by atoms with Gasteiger partial charge in [0.15, 0.2) is 0 Å². The highest BCUT2D eigenvalue weighted by atomic mass is 32.1. The van der Waals surface area contributed by atoms with Gasteiger partial charge in [-0.2, -0.15) is 17.5 Å². The Morgan fingerprint density at radius 1 is 1.34 bits per heavy atom. The van der Waals surface area contributed by atoms with Crippen LogP contribution in [0.4, 0.5) is 18.3 Å². The van der Waals surface area contributed by atoms with E-state index in [1.165, 1.54) is 18.2 Å². The van der Waals surface area contributed by atoms with E-state index in [-0.39, 0.29) is 34.2 Å². The van der Waals surface area contributed by atoms with Gasteiger partial charge < -0.3 is 9.52 Å². The van der Waals surface area contributed by atoms with Crippen LogP contribution in [0.15, 0.2) is 34.7 Å². The zero-order valence-electron chi connectivity index (χ0n) is 15.6. The number of nitrogens with one attached hydrogen (secondary N) is 1. The van der Waals surface area contributed by atoms with Gasteiger partial charge in [-0.1, -0.05) is 19.1 Å². The summed E-state index contributed by atoms with van der Waals surface area (Å²) in [6.07, 6.45) is -4.18. The molecule has 1 unspecified atom stereocenters. The molecule has 2 heterocycles. The molecule has 3 rings (SSSR count). The maximum absolute atomic E-state index is 12.9. The number of hydrogen-bond donors (Lipinski definition) is 2. The lowest BCUT2D eigenvalue weighted by Gasteiger charge is -2.07. The van der Waals surface area contributed by atoms with Gasteiger partial charge in [-0.05, 0) is 31.5 Å². The monoisotopic (exact) mass is 425 g/mol. The Morgan fingerprint density at radius 3 is 2.79 bits per heavy atom. The van der Waals surface area contributed by atoms with E-state index in [1.54, 1.807) is 6.92 Å². The van der Waals surface area contributed by atoms with Gasteiger partial charge in [-0.15, -0.1) is 0 Å². The van der Waals surface area contributed by atoms with Crippen molar-refractivity contribution >= 4 is 22.6 Å². The van der Waals surface area contributed by atoms with Crippen LogP contribution >= 0.6 is 11.5 Å². The summed E-state index contributed by atoms with van der Waals surface area (Å²) in [6.45, 7) is 3.39. The highest BCUT2D eigenvalue weighted by Gasteiger charge is 2.31. The lowest BCUT2D eigenvalue weighted by Crippen LogP contribution is -2.13. The molecule has 3 aromatic rings. The van der Waals surface area contributed by atoms with Crippen molar-refractivity contribution in [1.29, 1.82) is 0 Å². The van der Waals surface area contributed by atoms with E-state index in [9.17, 15) is 23.1 Å². The largest absolute Gasteiger partial charge is 0.461 e. The minimum atomic E-state index is -4.47. The Balaban J connectivity index is 1.77. The fourth-order valence-corrected chi connectivity index (χ4v) is 3.20.